The summed E-state index contributed by atoms with van der Waals surface area (Å²) >= 11 is 0. The maximum absolute atomic E-state index is 6.28. The van der Waals surface area contributed by atoms with Crippen molar-refractivity contribution in [3.63, 3.8) is 0 Å². The van der Waals surface area contributed by atoms with Crippen molar-refractivity contribution < 1.29 is 9.47 Å². The second-order valence-electron chi connectivity index (χ2n) is 6.68. The third-order valence-corrected chi connectivity index (χ3v) is 4.98. The van der Waals surface area contributed by atoms with Crippen molar-refractivity contribution in [2.24, 2.45) is 7.05 Å². The van der Waals surface area contributed by atoms with Crippen LogP contribution in [0.4, 0.5) is 0 Å². The fourth-order valence-corrected chi connectivity index (χ4v) is 3.85. The average Bonchev–Trinajstić information content (AvgIpc) is 3.13. The molecule has 2 aliphatic rings. The molecule has 1 aliphatic carbocycles. The lowest BCUT2D eigenvalue weighted by Crippen LogP contribution is -2.42. The van der Waals surface area contributed by atoms with Gasteiger partial charge in [-0.3, -0.25) is 14.6 Å². The highest BCUT2D eigenvalue weighted by molar-refractivity contribution is 5.08. The molecule has 0 radical (unpaired) electrons. The normalized spacial score (nSPS) is 27.3. The monoisotopic (exact) mass is 328 g/mol. The van der Waals surface area contributed by atoms with Crippen LogP contribution in [-0.2, 0) is 29.7 Å². The van der Waals surface area contributed by atoms with Gasteiger partial charge >= 0.3 is 0 Å². The Balaban J connectivity index is 1.45. The van der Waals surface area contributed by atoms with E-state index < -0.39 is 0 Å². The Morgan fingerprint density at radius 3 is 3.04 bits per heavy atom. The molecule has 3 heterocycles. The van der Waals surface area contributed by atoms with Crippen LogP contribution in [0.1, 0.15) is 24.0 Å². The van der Waals surface area contributed by atoms with Crippen molar-refractivity contribution in [1.82, 2.24) is 19.7 Å². The van der Waals surface area contributed by atoms with E-state index in [1.165, 1.54) is 5.56 Å². The summed E-state index contributed by atoms with van der Waals surface area (Å²) in [5.74, 6) is 0. The van der Waals surface area contributed by atoms with E-state index >= 15 is 0 Å². The molecule has 6 nitrogen and oxygen atoms in total. The van der Waals surface area contributed by atoms with Crippen LogP contribution in [0.5, 0.6) is 0 Å². The minimum atomic E-state index is 0.129. The molecule has 24 heavy (non-hydrogen) atoms. The molecule has 0 N–H and O–H groups in total. The zero-order valence-electron chi connectivity index (χ0n) is 14.0. The van der Waals surface area contributed by atoms with Crippen molar-refractivity contribution in [2.45, 2.75) is 44.2 Å². The molecule has 128 valence electrons. The van der Waals surface area contributed by atoms with E-state index in [-0.39, 0.29) is 12.2 Å². The fourth-order valence-electron chi connectivity index (χ4n) is 3.85. The second-order valence-corrected chi connectivity index (χ2v) is 6.68. The molecule has 2 bridgehead atoms. The van der Waals surface area contributed by atoms with Crippen molar-refractivity contribution >= 4 is 0 Å². The lowest BCUT2D eigenvalue weighted by molar-refractivity contribution is -0.0614. The summed E-state index contributed by atoms with van der Waals surface area (Å²) in [6, 6.07) is 4.42. The first-order valence-corrected chi connectivity index (χ1v) is 8.63. The Hall–Kier alpha value is -1.76. The molecule has 3 atom stereocenters. The van der Waals surface area contributed by atoms with E-state index in [1.807, 2.05) is 30.2 Å². The maximum Gasteiger partial charge on any atom is 0.0995 e. The molecule has 0 amide bonds. The number of pyridine rings is 1. The Morgan fingerprint density at radius 1 is 1.29 bits per heavy atom. The Kier molecular flexibility index (Phi) is 4.60. The van der Waals surface area contributed by atoms with Crippen LogP contribution >= 0.6 is 0 Å². The number of aromatic nitrogens is 3. The third kappa shape index (κ3) is 3.36. The van der Waals surface area contributed by atoms with Crippen LogP contribution in [0.2, 0.25) is 0 Å². The summed E-state index contributed by atoms with van der Waals surface area (Å²) in [7, 11) is 1.96. The average molecular weight is 328 g/mol. The van der Waals surface area contributed by atoms with Gasteiger partial charge in [0.2, 0.25) is 0 Å². The molecule has 1 saturated heterocycles. The molecule has 2 aromatic heterocycles. The number of nitrogens with zero attached hydrogens (tertiary/aromatic N) is 4. The van der Waals surface area contributed by atoms with Gasteiger partial charge < -0.3 is 9.47 Å². The lowest BCUT2D eigenvalue weighted by atomic mass is 10.1. The number of ether oxygens (including phenoxy) is 2. The third-order valence-electron chi connectivity index (χ3n) is 4.98. The highest BCUT2D eigenvalue weighted by atomic mass is 16.5. The fraction of sp³-hybridized carbons (Fsp3) is 0.556. The molecular formula is C18H24N4O2. The summed E-state index contributed by atoms with van der Waals surface area (Å²) in [5.41, 5.74) is 2.36. The molecule has 1 aliphatic heterocycles. The lowest BCUT2D eigenvalue weighted by Gasteiger charge is -2.30. The molecule has 0 spiro atoms. The van der Waals surface area contributed by atoms with Gasteiger partial charge in [0, 0.05) is 50.3 Å². The predicted octanol–water partition coefficient (Wildman–Crippen LogP) is 1.76. The van der Waals surface area contributed by atoms with Gasteiger partial charge in [-0.15, -0.1) is 0 Å². The van der Waals surface area contributed by atoms with Crippen LogP contribution in [0.3, 0.4) is 0 Å². The molecule has 0 aromatic carbocycles. The molecule has 1 saturated carbocycles. The Morgan fingerprint density at radius 2 is 2.25 bits per heavy atom. The first-order valence-electron chi connectivity index (χ1n) is 8.63. The number of rotatable bonds is 5. The van der Waals surface area contributed by atoms with Crippen molar-refractivity contribution in [3.05, 3.63) is 48.0 Å². The number of hydrogen-bond acceptors (Lipinski definition) is 5. The highest BCUT2D eigenvalue weighted by Gasteiger charge is 2.43. The van der Waals surface area contributed by atoms with Gasteiger partial charge in [0.25, 0.3) is 0 Å². The number of fused-ring (bicyclic) bond motifs is 2. The summed E-state index contributed by atoms with van der Waals surface area (Å²) in [6.45, 7) is 3.22. The first kappa shape index (κ1) is 15.7. The van der Waals surface area contributed by atoms with E-state index in [4.69, 9.17) is 9.47 Å². The zero-order valence-corrected chi connectivity index (χ0v) is 14.0. The first-order chi connectivity index (χ1) is 11.8. The van der Waals surface area contributed by atoms with E-state index in [0.29, 0.717) is 12.6 Å². The maximum atomic E-state index is 6.28. The predicted molar refractivity (Wildman–Crippen MR) is 89.2 cm³/mol. The van der Waals surface area contributed by atoms with Crippen LogP contribution in [0.25, 0.3) is 0 Å². The molecular weight excluding hydrogens is 304 g/mol. The molecule has 6 heteroatoms. The van der Waals surface area contributed by atoms with E-state index in [0.717, 1.165) is 38.1 Å². The van der Waals surface area contributed by atoms with Crippen LogP contribution in [0.15, 0.2) is 36.9 Å². The molecule has 0 unspecified atom stereocenters. The SMILES string of the molecule is Cn1cc(CN2CCO[C@H]3CC[C@H]2[C@H]3OCc2cccnc2)cn1. The topological polar surface area (TPSA) is 52.4 Å². The number of aryl methyl sites for hydroxylation is 1. The molecule has 2 fully saturated rings. The summed E-state index contributed by atoms with van der Waals surface area (Å²) in [6.07, 6.45) is 10.2. The van der Waals surface area contributed by atoms with Gasteiger partial charge in [0.15, 0.2) is 0 Å². The Labute approximate surface area is 142 Å². The summed E-state index contributed by atoms with van der Waals surface area (Å²) in [5, 5.41) is 4.28. The largest absolute Gasteiger partial charge is 0.374 e. The van der Waals surface area contributed by atoms with Crippen molar-refractivity contribution in [1.29, 1.82) is 0 Å². The Bertz CT molecular complexity index is 660. The summed E-state index contributed by atoms with van der Waals surface area (Å²) in [4.78, 5) is 6.66. The van der Waals surface area contributed by atoms with Crippen molar-refractivity contribution in [2.75, 3.05) is 13.2 Å². The van der Waals surface area contributed by atoms with Crippen LogP contribution in [0, 0.1) is 0 Å². The van der Waals surface area contributed by atoms with E-state index in [1.54, 1.807) is 6.20 Å². The highest BCUT2D eigenvalue weighted by Crippen LogP contribution is 2.33. The smallest absolute Gasteiger partial charge is 0.0995 e. The van der Waals surface area contributed by atoms with Gasteiger partial charge in [-0.25, -0.2) is 0 Å². The zero-order chi connectivity index (χ0) is 16.4. The van der Waals surface area contributed by atoms with Crippen LogP contribution < -0.4 is 0 Å². The van der Waals surface area contributed by atoms with E-state index in [2.05, 4.69) is 27.2 Å². The van der Waals surface area contributed by atoms with Gasteiger partial charge in [-0.1, -0.05) is 6.07 Å². The minimum absolute atomic E-state index is 0.129. The summed E-state index contributed by atoms with van der Waals surface area (Å²) < 4.78 is 14.2. The van der Waals surface area contributed by atoms with Gasteiger partial charge in [-0.2, -0.15) is 5.10 Å². The standard InChI is InChI=1S/C18H24N4O2/c1-21-11-15(10-20-21)12-22-7-8-23-17-5-4-16(22)18(17)24-13-14-3-2-6-19-9-14/h2-3,6,9-11,16-18H,4-5,7-8,12-13H2,1H3/t16-,17-,18+/m0/s1. The second kappa shape index (κ2) is 7.01. The van der Waals surface area contributed by atoms with Gasteiger partial charge in [0.1, 0.15) is 0 Å². The quantitative estimate of drug-likeness (QED) is 0.837. The number of hydrogen-bond donors (Lipinski definition) is 0. The van der Waals surface area contributed by atoms with Gasteiger partial charge in [0.05, 0.1) is 31.6 Å². The van der Waals surface area contributed by atoms with Crippen molar-refractivity contribution in [3.8, 4) is 0 Å². The van der Waals surface area contributed by atoms with E-state index in [9.17, 15) is 0 Å². The van der Waals surface area contributed by atoms with Crippen LogP contribution in [-0.4, -0.2) is 51.1 Å². The molecule has 4 rings (SSSR count). The minimum Gasteiger partial charge on any atom is -0.374 e. The molecule has 2 aromatic rings. The van der Waals surface area contributed by atoms with Gasteiger partial charge in [-0.05, 0) is 24.5 Å².